The molecule has 1 aromatic heterocycles. The number of benzene rings is 1. The molecule has 9 heteroatoms. The molecule has 0 aliphatic rings. The molecule has 0 N–H and O–H groups in total. The first-order valence-electron chi connectivity index (χ1n) is 5.88. The fraction of sp³-hybridized carbons (Fsp3) is 0.333. The van der Waals surface area contributed by atoms with E-state index in [1.807, 2.05) is 0 Å². The van der Waals surface area contributed by atoms with E-state index in [-0.39, 0.29) is 17.9 Å². The molecular weight excluding hydrogens is 293 g/mol. The van der Waals surface area contributed by atoms with Gasteiger partial charge >= 0.3 is 18.2 Å². The van der Waals surface area contributed by atoms with E-state index >= 15 is 0 Å². The molecule has 0 amide bonds. The fourth-order valence-corrected chi connectivity index (χ4v) is 1.51. The molecule has 0 saturated heterocycles. The fourth-order valence-electron chi connectivity index (χ4n) is 1.51. The molecule has 6 nitrogen and oxygen atoms in total. The number of alkyl halides is 3. The highest BCUT2D eigenvalue weighted by atomic mass is 19.4. The normalized spacial score (nSPS) is 11.7. The molecule has 0 radical (unpaired) electrons. The van der Waals surface area contributed by atoms with Gasteiger partial charge in [0, 0.05) is 0 Å². The number of rotatable bonds is 4. The molecule has 0 aliphatic heterocycles. The molecule has 0 spiro atoms. The predicted molar refractivity (Wildman–Crippen MR) is 64.5 cm³/mol. The quantitative estimate of drug-likeness (QED) is 0.868. The second-order valence-electron chi connectivity index (χ2n) is 4.23. The van der Waals surface area contributed by atoms with E-state index in [9.17, 15) is 18.0 Å². The molecule has 2 rings (SSSR count). The van der Waals surface area contributed by atoms with Crippen LogP contribution in [0.1, 0.15) is 13.8 Å². The summed E-state index contributed by atoms with van der Waals surface area (Å²) in [7, 11) is 0. The zero-order chi connectivity index (χ0) is 15.6. The van der Waals surface area contributed by atoms with E-state index in [0.717, 1.165) is 6.07 Å². The van der Waals surface area contributed by atoms with Crippen molar-refractivity contribution in [1.29, 1.82) is 0 Å². The Morgan fingerprint density at radius 1 is 1.29 bits per heavy atom. The summed E-state index contributed by atoms with van der Waals surface area (Å²) >= 11 is 0. The summed E-state index contributed by atoms with van der Waals surface area (Å²) in [6, 6.07) is 5.07. The Balaban J connectivity index is 2.43. The average molecular weight is 304 g/mol. The maximum atomic E-state index is 12.3. The molecule has 0 bridgehead atoms. The van der Waals surface area contributed by atoms with E-state index in [1.54, 1.807) is 13.8 Å². The number of aromatic nitrogens is 2. The van der Waals surface area contributed by atoms with Gasteiger partial charge in [0.1, 0.15) is 5.69 Å². The lowest BCUT2D eigenvalue weighted by atomic mass is 10.3. The minimum atomic E-state index is -4.89. The van der Waals surface area contributed by atoms with Crippen LogP contribution in [-0.2, 0) is 0 Å². The molecule has 0 saturated carbocycles. The van der Waals surface area contributed by atoms with Crippen molar-refractivity contribution in [3.8, 4) is 17.5 Å². The van der Waals surface area contributed by atoms with Crippen LogP contribution >= 0.6 is 0 Å². The lowest BCUT2D eigenvalue weighted by Crippen LogP contribution is -2.20. The monoisotopic (exact) mass is 304 g/mol. The second kappa shape index (κ2) is 5.51. The Hall–Kier alpha value is -2.45. The van der Waals surface area contributed by atoms with Crippen molar-refractivity contribution in [3.05, 3.63) is 34.8 Å². The second-order valence-corrected chi connectivity index (χ2v) is 4.23. The number of halogens is 3. The molecule has 1 heterocycles. The number of hydrogen-bond donors (Lipinski definition) is 0. The molecule has 1 aromatic carbocycles. The Labute approximate surface area is 116 Å². The van der Waals surface area contributed by atoms with Crippen LogP contribution in [0.3, 0.4) is 0 Å². The molecular formula is C12H11F3N2O4. The highest BCUT2D eigenvalue weighted by Crippen LogP contribution is 2.28. The molecule has 21 heavy (non-hydrogen) atoms. The highest BCUT2D eigenvalue weighted by molar-refractivity contribution is 5.45. The van der Waals surface area contributed by atoms with Crippen molar-refractivity contribution in [2.45, 2.75) is 26.3 Å². The standard InChI is InChI=1S/C12H11F3N2O4/c1-7(2)19-10-16-17(11(18)20-10)8-5-3-4-6-9(8)21-12(13,14)15/h3-7H,1-2H3. The van der Waals surface area contributed by atoms with Gasteiger partial charge < -0.3 is 13.9 Å². The van der Waals surface area contributed by atoms with E-state index in [1.165, 1.54) is 18.2 Å². The van der Waals surface area contributed by atoms with Crippen molar-refractivity contribution in [2.75, 3.05) is 0 Å². The van der Waals surface area contributed by atoms with E-state index in [4.69, 9.17) is 9.15 Å². The third-order valence-electron chi connectivity index (χ3n) is 2.18. The van der Waals surface area contributed by atoms with Gasteiger partial charge in [-0.2, -0.15) is 4.68 Å². The lowest BCUT2D eigenvalue weighted by molar-refractivity contribution is -0.274. The Bertz CT molecular complexity index is 676. The van der Waals surface area contributed by atoms with Gasteiger partial charge in [-0.1, -0.05) is 17.2 Å². The van der Waals surface area contributed by atoms with Gasteiger partial charge in [-0.05, 0) is 26.0 Å². The number of hydrogen-bond acceptors (Lipinski definition) is 5. The minimum absolute atomic E-state index is 0.206. The van der Waals surface area contributed by atoms with Gasteiger partial charge in [0.2, 0.25) is 0 Å². The summed E-state index contributed by atoms with van der Waals surface area (Å²) in [6.45, 7) is 3.36. The first kappa shape index (κ1) is 14.9. The number of nitrogens with zero attached hydrogens (tertiary/aromatic N) is 2. The molecule has 0 unspecified atom stereocenters. The largest absolute Gasteiger partial charge is 0.573 e. The highest BCUT2D eigenvalue weighted by Gasteiger charge is 2.32. The van der Waals surface area contributed by atoms with Crippen LogP contribution in [0.4, 0.5) is 13.2 Å². The van der Waals surface area contributed by atoms with Crippen LogP contribution in [0.5, 0.6) is 11.8 Å². The summed E-state index contributed by atoms with van der Waals surface area (Å²) in [4.78, 5) is 11.7. The van der Waals surface area contributed by atoms with Crippen LogP contribution in [0, 0.1) is 0 Å². The zero-order valence-corrected chi connectivity index (χ0v) is 11.0. The van der Waals surface area contributed by atoms with Crippen LogP contribution < -0.4 is 15.2 Å². The van der Waals surface area contributed by atoms with Gasteiger partial charge in [-0.3, -0.25) is 0 Å². The summed E-state index contributed by atoms with van der Waals surface area (Å²) in [5, 5.41) is 3.68. The van der Waals surface area contributed by atoms with Crippen molar-refractivity contribution >= 4 is 0 Å². The Morgan fingerprint density at radius 3 is 2.57 bits per heavy atom. The van der Waals surface area contributed by atoms with Crippen molar-refractivity contribution < 1.29 is 27.1 Å². The van der Waals surface area contributed by atoms with Crippen molar-refractivity contribution in [1.82, 2.24) is 9.78 Å². The molecule has 0 atom stereocenters. The van der Waals surface area contributed by atoms with E-state index in [2.05, 4.69) is 9.84 Å². The SMILES string of the molecule is CC(C)Oc1nn(-c2ccccc2OC(F)(F)F)c(=O)o1. The average Bonchev–Trinajstić information content (AvgIpc) is 2.67. The van der Waals surface area contributed by atoms with E-state index < -0.39 is 17.9 Å². The smallest absolute Gasteiger partial charge is 0.446 e. The summed E-state index contributed by atoms with van der Waals surface area (Å²) in [5.74, 6) is -1.56. The molecule has 114 valence electrons. The van der Waals surface area contributed by atoms with Crippen molar-refractivity contribution in [2.24, 2.45) is 0 Å². The third-order valence-corrected chi connectivity index (χ3v) is 2.18. The van der Waals surface area contributed by atoms with Gasteiger partial charge in [0.05, 0.1) is 6.10 Å². The topological polar surface area (TPSA) is 66.5 Å². The maximum absolute atomic E-state index is 12.3. The summed E-state index contributed by atoms with van der Waals surface area (Å²) in [6.07, 6.45) is -5.53. The maximum Gasteiger partial charge on any atom is 0.573 e. The van der Waals surface area contributed by atoms with Crippen LogP contribution in [0.15, 0.2) is 33.5 Å². The number of ether oxygens (including phenoxy) is 2. The van der Waals surface area contributed by atoms with Crippen LogP contribution in [0.2, 0.25) is 0 Å². The summed E-state index contributed by atoms with van der Waals surface area (Å²) < 4.78 is 51.3. The zero-order valence-electron chi connectivity index (χ0n) is 11.0. The van der Waals surface area contributed by atoms with Gasteiger partial charge in [0.25, 0.3) is 0 Å². The Morgan fingerprint density at radius 2 is 1.95 bits per heavy atom. The first-order chi connectivity index (χ1) is 9.76. The summed E-state index contributed by atoms with van der Waals surface area (Å²) in [5.41, 5.74) is -0.206. The first-order valence-corrected chi connectivity index (χ1v) is 5.88. The molecule has 0 fully saturated rings. The van der Waals surface area contributed by atoms with Crippen LogP contribution in [0.25, 0.3) is 5.69 Å². The predicted octanol–water partition coefficient (Wildman–Crippen LogP) is 2.51. The number of para-hydroxylation sites is 2. The lowest BCUT2D eigenvalue weighted by Gasteiger charge is -2.11. The van der Waals surface area contributed by atoms with Crippen molar-refractivity contribution in [3.63, 3.8) is 0 Å². The van der Waals surface area contributed by atoms with Crippen LogP contribution in [-0.4, -0.2) is 22.2 Å². The Kier molecular flexibility index (Phi) is 3.92. The molecule has 0 aliphatic carbocycles. The minimum Gasteiger partial charge on any atom is -0.446 e. The van der Waals surface area contributed by atoms with E-state index in [0.29, 0.717) is 4.68 Å². The molecule has 2 aromatic rings. The van der Waals surface area contributed by atoms with Gasteiger partial charge in [0.15, 0.2) is 5.75 Å². The third kappa shape index (κ3) is 3.77. The van der Waals surface area contributed by atoms with Gasteiger partial charge in [-0.25, -0.2) is 4.79 Å². The van der Waals surface area contributed by atoms with Gasteiger partial charge in [-0.15, -0.1) is 13.2 Å².